The van der Waals surface area contributed by atoms with Crippen LogP contribution in [0.25, 0.3) is 0 Å². The number of hydrogen-bond acceptors (Lipinski definition) is 4. The summed E-state index contributed by atoms with van der Waals surface area (Å²) in [6.07, 6.45) is 0. The molecule has 152 valence electrons. The summed E-state index contributed by atoms with van der Waals surface area (Å²) < 4.78 is 5.32. The van der Waals surface area contributed by atoms with Crippen LogP contribution in [0, 0.1) is 13.8 Å². The first kappa shape index (κ1) is 21.3. The second kappa shape index (κ2) is 9.37. The highest BCUT2D eigenvalue weighted by atomic mass is 35.5. The lowest BCUT2D eigenvalue weighted by atomic mass is 9.91. The molecule has 0 bridgehead atoms. The van der Waals surface area contributed by atoms with E-state index in [1.807, 2.05) is 56.3 Å². The molecule has 0 radical (unpaired) electrons. The number of hydrogen-bond donors (Lipinski definition) is 2. The van der Waals surface area contributed by atoms with Gasteiger partial charge in [-0.15, -0.1) is 11.8 Å². The monoisotopic (exact) mass is 430 g/mol. The van der Waals surface area contributed by atoms with Crippen molar-refractivity contribution in [2.24, 2.45) is 0 Å². The van der Waals surface area contributed by atoms with E-state index in [0.717, 1.165) is 21.6 Å². The van der Waals surface area contributed by atoms with Crippen molar-refractivity contribution in [1.82, 2.24) is 10.6 Å². The molecule has 29 heavy (non-hydrogen) atoms. The van der Waals surface area contributed by atoms with Crippen molar-refractivity contribution in [3.63, 3.8) is 0 Å². The summed E-state index contributed by atoms with van der Waals surface area (Å²) in [5.74, 6) is -0.0116. The molecule has 0 unspecified atom stereocenters. The van der Waals surface area contributed by atoms with Gasteiger partial charge < -0.3 is 15.4 Å². The van der Waals surface area contributed by atoms with E-state index >= 15 is 0 Å². The summed E-state index contributed by atoms with van der Waals surface area (Å²) in [5, 5.41) is 6.35. The second-order valence-electron chi connectivity index (χ2n) is 6.75. The maximum absolute atomic E-state index is 12.9. The number of thioether (sulfide) groups is 1. The fraction of sp³-hybridized carbons (Fsp3) is 0.273. The molecule has 1 aliphatic heterocycles. The fourth-order valence-corrected chi connectivity index (χ4v) is 4.17. The zero-order valence-corrected chi connectivity index (χ0v) is 18.1. The number of benzene rings is 2. The van der Waals surface area contributed by atoms with Gasteiger partial charge in [-0.2, -0.15) is 0 Å². The zero-order valence-electron chi connectivity index (χ0n) is 16.5. The van der Waals surface area contributed by atoms with Gasteiger partial charge >= 0.3 is 12.0 Å². The Hall–Kier alpha value is -2.44. The number of esters is 1. The Balaban J connectivity index is 2.00. The normalized spacial score (nSPS) is 16.3. The predicted octanol–water partition coefficient (Wildman–Crippen LogP) is 4.92. The molecule has 3 rings (SSSR count). The van der Waals surface area contributed by atoms with Crippen LogP contribution in [-0.4, -0.2) is 24.4 Å². The first-order valence-corrected chi connectivity index (χ1v) is 10.7. The molecule has 2 N–H and O–H groups in total. The molecule has 2 aromatic carbocycles. The Morgan fingerprint density at radius 2 is 1.90 bits per heavy atom. The van der Waals surface area contributed by atoms with Crippen LogP contribution < -0.4 is 10.6 Å². The molecule has 0 aromatic heterocycles. The average molecular weight is 431 g/mol. The molecule has 1 atom stereocenters. The van der Waals surface area contributed by atoms with E-state index in [0.29, 0.717) is 22.0 Å². The average Bonchev–Trinajstić information content (AvgIpc) is 2.69. The molecule has 0 saturated carbocycles. The molecule has 0 spiro atoms. The molecule has 2 aromatic rings. The summed E-state index contributed by atoms with van der Waals surface area (Å²) in [6.45, 7) is 5.97. The zero-order chi connectivity index (χ0) is 21.0. The summed E-state index contributed by atoms with van der Waals surface area (Å²) in [6, 6.07) is 12.5. The SMILES string of the molecule is CCOC(=O)C1=C(CSc2ccc(Cl)cc2)NC(=O)N[C@@H]1c1cc(C)ccc1C. The molecule has 2 amide bonds. The van der Waals surface area contributed by atoms with Crippen LogP contribution in [0.3, 0.4) is 0 Å². The van der Waals surface area contributed by atoms with E-state index in [1.54, 1.807) is 6.92 Å². The maximum Gasteiger partial charge on any atom is 0.338 e. The van der Waals surface area contributed by atoms with Gasteiger partial charge in [0.2, 0.25) is 0 Å². The Morgan fingerprint density at radius 1 is 1.17 bits per heavy atom. The van der Waals surface area contributed by atoms with E-state index in [9.17, 15) is 9.59 Å². The van der Waals surface area contributed by atoms with Crippen molar-refractivity contribution in [2.45, 2.75) is 31.7 Å². The van der Waals surface area contributed by atoms with Gasteiger partial charge in [0.25, 0.3) is 0 Å². The number of urea groups is 1. The Labute approximate surface area is 179 Å². The Kier molecular flexibility index (Phi) is 6.87. The van der Waals surface area contributed by atoms with Crippen LogP contribution in [0.5, 0.6) is 0 Å². The fourth-order valence-electron chi connectivity index (χ4n) is 3.17. The molecule has 5 nitrogen and oxygen atoms in total. The van der Waals surface area contributed by atoms with Crippen LogP contribution in [-0.2, 0) is 9.53 Å². The van der Waals surface area contributed by atoms with Crippen molar-refractivity contribution in [3.05, 3.63) is 75.4 Å². The first-order valence-electron chi connectivity index (χ1n) is 9.32. The predicted molar refractivity (Wildman–Crippen MR) is 116 cm³/mol. The lowest BCUT2D eigenvalue weighted by Gasteiger charge is -2.30. The van der Waals surface area contributed by atoms with Crippen molar-refractivity contribution >= 4 is 35.4 Å². The smallest absolute Gasteiger partial charge is 0.338 e. The lowest BCUT2D eigenvalue weighted by molar-refractivity contribution is -0.139. The van der Waals surface area contributed by atoms with Crippen LogP contribution >= 0.6 is 23.4 Å². The van der Waals surface area contributed by atoms with E-state index in [1.165, 1.54) is 11.8 Å². The maximum atomic E-state index is 12.9. The van der Waals surface area contributed by atoms with E-state index in [4.69, 9.17) is 16.3 Å². The Bertz CT molecular complexity index is 957. The van der Waals surface area contributed by atoms with Gasteiger partial charge in [0, 0.05) is 21.4 Å². The number of halogens is 1. The van der Waals surface area contributed by atoms with Gasteiger partial charge in [-0.05, 0) is 56.2 Å². The lowest BCUT2D eigenvalue weighted by Crippen LogP contribution is -2.46. The minimum atomic E-state index is -0.566. The minimum Gasteiger partial charge on any atom is -0.463 e. The number of rotatable bonds is 6. The summed E-state index contributed by atoms with van der Waals surface area (Å²) in [4.78, 5) is 26.2. The van der Waals surface area contributed by atoms with Crippen molar-refractivity contribution < 1.29 is 14.3 Å². The molecular formula is C22H23ClN2O3S. The highest BCUT2D eigenvalue weighted by Crippen LogP contribution is 2.32. The number of carbonyl (C=O) groups excluding carboxylic acids is 2. The molecule has 7 heteroatoms. The van der Waals surface area contributed by atoms with Crippen LogP contribution in [0.15, 0.2) is 58.6 Å². The summed E-state index contributed by atoms with van der Waals surface area (Å²) in [7, 11) is 0. The number of nitrogens with one attached hydrogen (secondary N) is 2. The van der Waals surface area contributed by atoms with Gasteiger partial charge in [0.15, 0.2) is 0 Å². The van der Waals surface area contributed by atoms with Crippen LogP contribution in [0.4, 0.5) is 4.79 Å². The third-order valence-electron chi connectivity index (χ3n) is 4.59. The minimum absolute atomic E-state index is 0.257. The number of carbonyl (C=O) groups is 2. The number of ether oxygens (including phenoxy) is 1. The number of aryl methyl sites for hydroxylation is 2. The van der Waals surface area contributed by atoms with Crippen LogP contribution in [0.2, 0.25) is 5.02 Å². The second-order valence-corrected chi connectivity index (χ2v) is 8.23. The third kappa shape index (κ3) is 5.14. The molecule has 0 fully saturated rings. The van der Waals surface area contributed by atoms with Gasteiger partial charge in [0.1, 0.15) is 0 Å². The van der Waals surface area contributed by atoms with E-state index in [2.05, 4.69) is 10.6 Å². The largest absolute Gasteiger partial charge is 0.463 e. The summed E-state index contributed by atoms with van der Waals surface area (Å²) >= 11 is 7.46. The van der Waals surface area contributed by atoms with E-state index in [-0.39, 0.29) is 12.6 Å². The Morgan fingerprint density at radius 3 is 2.59 bits per heavy atom. The number of amides is 2. The van der Waals surface area contributed by atoms with Gasteiger partial charge in [0.05, 0.1) is 18.2 Å². The van der Waals surface area contributed by atoms with Crippen molar-refractivity contribution in [2.75, 3.05) is 12.4 Å². The molecular weight excluding hydrogens is 408 g/mol. The van der Waals surface area contributed by atoms with Gasteiger partial charge in [-0.25, -0.2) is 9.59 Å². The highest BCUT2D eigenvalue weighted by Gasteiger charge is 2.34. The highest BCUT2D eigenvalue weighted by molar-refractivity contribution is 7.99. The summed E-state index contributed by atoms with van der Waals surface area (Å²) in [5.41, 5.74) is 3.92. The molecule has 0 aliphatic carbocycles. The first-order chi connectivity index (χ1) is 13.9. The topological polar surface area (TPSA) is 67.4 Å². The van der Waals surface area contributed by atoms with Crippen molar-refractivity contribution in [3.8, 4) is 0 Å². The standard InChI is InChI=1S/C22H23ClN2O3S/c1-4-28-21(26)19-18(12-29-16-9-7-15(23)8-10-16)24-22(27)25-20(19)17-11-13(2)5-6-14(17)3/h5-11,20H,4,12H2,1-3H3,(H2,24,25,27)/t20-/m1/s1. The van der Waals surface area contributed by atoms with Gasteiger partial charge in [-0.3, -0.25) is 0 Å². The van der Waals surface area contributed by atoms with Gasteiger partial charge in [-0.1, -0.05) is 35.4 Å². The third-order valence-corrected chi connectivity index (χ3v) is 5.88. The molecule has 1 aliphatic rings. The quantitative estimate of drug-likeness (QED) is 0.504. The molecule has 1 heterocycles. The molecule has 0 saturated heterocycles. The van der Waals surface area contributed by atoms with Crippen molar-refractivity contribution in [1.29, 1.82) is 0 Å². The van der Waals surface area contributed by atoms with E-state index < -0.39 is 12.0 Å². The van der Waals surface area contributed by atoms with Crippen LogP contribution in [0.1, 0.15) is 29.7 Å².